The Morgan fingerprint density at radius 1 is 1.41 bits per heavy atom. The minimum absolute atomic E-state index is 0.0633. The van der Waals surface area contributed by atoms with E-state index in [1.54, 1.807) is 6.07 Å². The Morgan fingerprint density at radius 3 is 2.82 bits per heavy atom. The Morgan fingerprint density at radius 2 is 2.14 bits per heavy atom. The molecule has 0 aromatic carbocycles. The van der Waals surface area contributed by atoms with Gasteiger partial charge in [-0.2, -0.15) is 0 Å². The minimum atomic E-state index is -0.449. The SMILES string of the molecule is Cc1cc(N)nc([C@@]2(C)CCCN2C(=O)C2CCOCC2)n1. The van der Waals surface area contributed by atoms with Gasteiger partial charge in [0.25, 0.3) is 0 Å². The second kappa shape index (κ2) is 5.83. The third-order valence-electron chi connectivity index (χ3n) is 4.83. The van der Waals surface area contributed by atoms with Crippen LogP contribution in [0.25, 0.3) is 0 Å². The van der Waals surface area contributed by atoms with Gasteiger partial charge in [-0.25, -0.2) is 9.97 Å². The summed E-state index contributed by atoms with van der Waals surface area (Å²) >= 11 is 0. The number of anilines is 1. The van der Waals surface area contributed by atoms with Crippen LogP contribution < -0.4 is 5.73 Å². The van der Waals surface area contributed by atoms with Gasteiger partial charge in [-0.1, -0.05) is 0 Å². The zero-order valence-electron chi connectivity index (χ0n) is 13.3. The van der Waals surface area contributed by atoms with Crippen LogP contribution in [0.15, 0.2) is 6.07 Å². The van der Waals surface area contributed by atoms with Gasteiger partial charge in [0.15, 0.2) is 5.82 Å². The summed E-state index contributed by atoms with van der Waals surface area (Å²) in [4.78, 5) is 23.9. The van der Waals surface area contributed by atoms with Gasteiger partial charge in [-0.05, 0) is 39.5 Å². The van der Waals surface area contributed by atoms with Crippen molar-refractivity contribution >= 4 is 11.7 Å². The maximum absolute atomic E-state index is 12.9. The van der Waals surface area contributed by atoms with E-state index in [4.69, 9.17) is 10.5 Å². The molecule has 1 atom stereocenters. The van der Waals surface area contributed by atoms with Crippen molar-refractivity contribution in [1.82, 2.24) is 14.9 Å². The van der Waals surface area contributed by atoms with Crippen LogP contribution in [0.3, 0.4) is 0 Å². The number of amides is 1. The summed E-state index contributed by atoms with van der Waals surface area (Å²) in [5.74, 6) is 1.41. The molecule has 6 nitrogen and oxygen atoms in total. The van der Waals surface area contributed by atoms with E-state index in [9.17, 15) is 4.79 Å². The minimum Gasteiger partial charge on any atom is -0.384 e. The number of carbonyl (C=O) groups excluding carboxylic acids is 1. The highest BCUT2D eigenvalue weighted by Crippen LogP contribution is 2.39. The van der Waals surface area contributed by atoms with E-state index >= 15 is 0 Å². The van der Waals surface area contributed by atoms with Gasteiger partial charge in [0, 0.05) is 37.4 Å². The molecular weight excluding hydrogens is 280 g/mol. The monoisotopic (exact) mass is 304 g/mol. The molecule has 2 aliphatic heterocycles. The Kier molecular flexibility index (Phi) is 4.04. The van der Waals surface area contributed by atoms with Crippen molar-refractivity contribution < 1.29 is 9.53 Å². The van der Waals surface area contributed by atoms with Crippen molar-refractivity contribution in [2.75, 3.05) is 25.5 Å². The largest absolute Gasteiger partial charge is 0.384 e. The lowest BCUT2D eigenvalue weighted by molar-refractivity contribution is -0.143. The molecule has 6 heteroatoms. The number of rotatable bonds is 2. The fourth-order valence-electron chi connectivity index (χ4n) is 3.55. The van der Waals surface area contributed by atoms with Crippen molar-refractivity contribution in [2.24, 2.45) is 5.92 Å². The average molecular weight is 304 g/mol. The maximum Gasteiger partial charge on any atom is 0.226 e. The molecule has 120 valence electrons. The number of ether oxygens (including phenoxy) is 1. The van der Waals surface area contributed by atoms with E-state index in [1.165, 1.54) is 0 Å². The van der Waals surface area contributed by atoms with E-state index in [1.807, 2.05) is 11.8 Å². The smallest absolute Gasteiger partial charge is 0.226 e. The van der Waals surface area contributed by atoms with Crippen LogP contribution in [-0.4, -0.2) is 40.5 Å². The van der Waals surface area contributed by atoms with Crippen LogP contribution in [0.4, 0.5) is 5.82 Å². The number of nitrogens with zero attached hydrogens (tertiary/aromatic N) is 3. The van der Waals surface area contributed by atoms with E-state index in [-0.39, 0.29) is 11.8 Å². The van der Waals surface area contributed by atoms with Gasteiger partial charge in [0.1, 0.15) is 5.82 Å². The normalized spacial score (nSPS) is 26.4. The Balaban J connectivity index is 1.89. The number of aryl methyl sites for hydroxylation is 1. The molecule has 2 fully saturated rings. The lowest BCUT2D eigenvalue weighted by Gasteiger charge is -2.37. The highest BCUT2D eigenvalue weighted by molar-refractivity contribution is 5.80. The quantitative estimate of drug-likeness (QED) is 0.898. The fraction of sp³-hybridized carbons (Fsp3) is 0.688. The summed E-state index contributed by atoms with van der Waals surface area (Å²) in [6.45, 7) is 6.09. The molecule has 0 bridgehead atoms. The summed E-state index contributed by atoms with van der Waals surface area (Å²) in [6, 6.07) is 1.76. The number of hydrogen-bond acceptors (Lipinski definition) is 5. The molecule has 0 radical (unpaired) electrons. The van der Waals surface area contributed by atoms with Crippen LogP contribution in [0.2, 0.25) is 0 Å². The first-order valence-corrected chi connectivity index (χ1v) is 8.01. The molecule has 22 heavy (non-hydrogen) atoms. The van der Waals surface area contributed by atoms with Gasteiger partial charge in [0.2, 0.25) is 5.91 Å². The molecule has 1 aromatic rings. The van der Waals surface area contributed by atoms with Crippen LogP contribution in [-0.2, 0) is 15.1 Å². The fourth-order valence-corrected chi connectivity index (χ4v) is 3.55. The average Bonchev–Trinajstić information content (AvgIpc) is 2.90. The van der Waals surface area contributed by atoms with Crippen LogP contribution in [0.1, 0.15) is 44.1 Å². The lowest BCUT2D eigenvalue weighted by Crippen LogP contribution is -2.47. The topological polar surface area (TPSA) is 81.3 Å². The van der Waals surface area contributed by atoms with Crippen LogP contribution in [0.5, 0.6) is 0 Å². The summed E-state index contributed by atoms with van der Waals surface area (Å²) in [7, 11) is 0. The van der Waals surface area contributed by atoms with Crippen molar-refractivity contribution in [3.63, 3.8) is 0 Å². The Labute approximate surface area is 131 Å². The van der Waals surface area contributed by atoms with E-state index in [2.05, 4.69) is 16.9 Å². The molecule has 0 aliphatic carbocycles. The molecule has 2 aliphatic rings. The first-order chi connectivity index (χ1) is 10.5. The summed E-state index contributed by atoms with van der Waals surface area (Å²) in [5, 5.41) is 0. The van der Waals surface area contributed by atoms with Crippen molar-refractivity contribution in [3.05, 3.63) is 17.6 Å². The first kappa shape index (κ1) is 15.2. The molecule has 2 saturated heterocycles. The van der Waals surface area contributed by atoms with E-state index < -0.39 is 5.54 Å². The van der Waals surface area contributed by atoms with Gasteiger partial charge in [-0.3, -0.25) is 4.79 Å². The van der Waals surface area contributed by atoms with E-state index in [0.29, 0.717) is 24.9 Å². The van der Waals surface area contributed by atoms with Crippen molar-refractivity contribution in [2.45, 2.75) is 45.1 Å². The molecule has 1 aromatic heterocycles. The van der Waals surface area contributed by atoms with Gasteiger partial charge < -0.3 is 15.4 Å². The summed E-state index contributed by atoms with van der Waals surface area (Å²) in [6.07, 6.45) is 3.47. The highest BCUT2D eigenvalue weighted by Gasteiger charge is 2.45. The Hall–Kier alpha value is -1.69. The number of nitrogens with two attached hydrogens (primary N) is 1. The highest BCUT2D eigenvalue weighted by atomic mass is 16.5. The number of likely N-dealkylation sites (tertiary alicyclic amines) is 1. The summed E-state index contributed by atoms with van der Waals surface area (Å²) in [5.41, 5.74) is 6.27. The standard InChI is InChI=1S/C16H24N4O2/c1-11-10-13(17)19-15(18-11)16(2)6-3-7-20(16)14(21)12-4-8-22-9-5-12/h10,12H,3-9H2,1-2H3,(H2,17,18,19)/t16-/m1/s1. The second-order valence-corrected chi connectivity index (χ2v) is 6.51. The van der Waals surface area contributed by atoms with Gasteiger partial charge in [-0.15, -0.1) is 0 Å². The molecule has 1 amide bonds. The Bertz CT molecular complexity index is 551. The van der Waals surface area contributed by atoms with Crippen molar-refractivity contribution in [1.29, 1.82) is 0 Å². The number of hydrogen-bond donors (Lipinski definition) is 1. The zero-order chi connectivity index (χ0) is 15.7. The lowest BCUT2D eigenvalue weighted by atomic mass is 9.93. The number of nitrogen functional groups attached to an aromatic ring is 1. The van der Waals surface area contributed by atoms with Crippen LogP contribution in [0, 0.1) is 12.8 Å². The predicted octanol–water partition coefficient (Wildman–Crippen LogP) is 1.63. The van der Waals surface area contributed by atoms with Crippen LogP contribution >= 0.6 is 0 Å². The number of carbonyl (C=O) groups is 1. The molecule has 3 heterocycles. The molecule has 0 saturated carbocycles. The zero-order valence-corrected chi connectivity index (χ0v) is 13.3. The van der Waals surface area contributed by atoms with Gasteiger partial charge >= 0.3 is 0 Å². The van der Waals surface area contributed by atoms with Gasteiger partial charge in [0.05, 0.1) is 5.54 Å². The van der Waals surface area contributed by atoms with Crippen molar-refractivity contribution in [3.8, 4) is 0 Å². The predicted molar refractivity (Wildman–Crippen MR) is 83.0 cm³/mol. The first-order valence-electron chi connectivity index (χ1n) is 8.01. The summed E-state index contributed by atoms with van der Waals surface area (Å²) < 4.78 is 5.37. The maximum atomic E-state index is 12.9. The molecule has 0 spiro atoms. The number of aromatic nitrogens is 2. The third kappa shape index (κ3) is 2.67. The molecular formula is C16H24N4O2. The van der Waals surface area contributed by atoms with E-state index in [0.717, 1.165) is 37.9 Å². The third-order valence-corrected chi connectivity index (χ3v) is 4.83. The molecule has 2 N–H and O–H groups in total. The molecule has 3 rings (SSSR count). The molecule has 0 unspecified atom stereocenters. The second-order valence-electron chi connectivity index (χ2n) is 6.51.